The number of rotatable bonds is 4. The van der Waals surface area contributed by atoms with Crippen molar-refractivity contribution in [2.75, 3.05) is 16.4 Å². The monoisotopic (exact) mass is 396 g/mol. The summed E-state index contributed by atoms with van der Waals surface area (Å²) in [5, 5.41) is 8.39. The van der Waals surface area contributed by atoms with Gasteiger partial charge in [-0.2, -0.15) is 0 Å². The second-order valence-corrected chi connectivity index (χ2v) is 6.65. The highest BCUT2D eigenvalue weighted by Crippen LogP contribution is 2.31. The fourth-order valence-electron chi connectivity index (χ4n) is 2.69. The highest BCUT2D eigenvalue weighted by molar-refractivity contribution is 6.35. The molecule has 6 nitrogen and oxygen atoms in total. The Balaban J connectivity index is 1.67. The molecule has 27 heavy (non-hydrogen) atoms. The molecule has 0 saturated carbocycles. The molecule has 8 heteroatoms. The molecule has 0 radical (unpaired) electrons. The lowest BCUT2D eigenvalue weighted by molar-refractivity contribution is 1.17. The van der Waals surface area contributed by atoms with Crippen molar-refractivity contribution in [1.29, 1.82) is 0 Å². The minimum atomic E-state index is 0.363. The zero-order chi connectivity index (χ0) is 18.8. The van der Waals surface area contributed by atoms with Gasteiger partial charge in [-0.3, -0.25) is 4.98 Å². The van der Waals surface area contributed by atoms with E-state index in [9.17, 15) is 0 Å². The first-order chi connectivity index (χ1) is 13.1. The summed E-state index contributed by atoms with van der Waals surface area (Å²) in [7, 11) is 0. The van der Waals surface area contributed by atoms with Gasteiger partial charge in [0.1, 0.15) is 12.0 Å². The maximum atomic E-state index is 6.26. The molecule has 0 aliphatic heterocycles. The molecular weight excluding hydrogens is 383 g/mol. The fraction of sp³-hybridized carbons (Fsp3) is 0. The number of anilines is 5. The quantitative estimate of drug-likeness (QED) is 0.427. The molecule has 2 aromatic heterocycles. The lowest BCUT2D eigenvalue weighted by Gasteiger charge is -2.14. The van der Waals surface area contributed by atoms with Gasteiger partial charge in [0.25, 0.3) is 0 Å². The van der Waals surface area contributed by atoms with Crippen LogP contribution >= 0.6 is 23.2 Å². The van der Waals surface area contributed by atoms with Gasteiger partial charge in [-0.25, -0.2) is 9.97 Å². The SMILES string of the molecule is Nc1c(Nc2cc(Cl)cc(Cl)c2)ncnc1Nc1cccc2cccnc12. The molecule has 0 unspecified atom stereocenters. The van der Waals surface area contributed by atoms with Gasteiger partial charge in [0.15, 0.2) is 11.6 Å². The van der Waals surface area contributed by atoms with Gasteiger partial charge in [0, 0.05) is 27.3 Å². The van der Waals surface area contributed by atoms with E-state index in [4.69, 9.17) is 28.9 Å². The summed E-state index contributed by atoms with van der Waals surface area (Å²) in [5.74, 6) is 0.915. The summed E-state index contributed by atoms with van der Waals surface area (Å²) in [6.07, 6.45) is 3.17. The summed E-state index contributed by atoms with van der Waals surface area (Å²) in [6.45, 7) is 0. The van der Waals surface area contributed by atoms with Crippen molar-refractivity contribution in [3.8, 4) is 0 Å². The number of nitrogen functional groups attached to an aromatic ring is 1. The van der Waals surface area contributed by atoms with Crippen LogP contribution in [0.3, 0.4) is 0 Å². The second kappa shape index (κ2) is 7.26. The van der Waals surface area contributed by atoms with Crippen LogP contribution in [0.5, 0.6) is 0 Å². The fourth-order valence-corrected chi connectivity index (χ4v) is 3.22. The van der Waals surface area contributed by atoms with E-state index in [1.165, 1.54) is 6.33 Å². The molecule has 4 N–H and O–H groups in total. The second-order valence-electron chi connectivity index (χ2n) is 5.77. The van der Waals surface area contributed by atoms with Crippen LogP contribution in [0.1, 0.15) is 0 Å². The third kappa shape index (κ3) is 3.72. The van der Waals surface area contributed by atoms with E-state index in [-0.39, 0.29) is 0 Å². The van der Waals surface area contributed by atoms with Gasteiger partial charge < -0.3 is 16.4 Å². The van der Waals surface area contributed by atoms with E-state index < -0.39 is 0 Å². The molecule has 0 spiro atoms. The minimum absolute atomic E-state index is 0.363. The first kappa shape index (κ1) is 17.3. The Hall–Kier alpha value is -3.09. The third-order valence-electron chi connectivity index (χ3n) is 3.89. The Morgan fingerprint density at radius 2 is 1.52 bits per heavy atom. The molecule has 4 aromatic rings. The van der Waals surface area contributed by atoms with E-state index >= 15 is 0 Å². The molecule has 0 aliphatic rings. The zero-order valence-electron chi connectivity index (χ0n) is 13.9. The standard InChI is InChI=1S/C19H14Cl2N6/c20-12-7-13(21)9-14(8-12)26-18-16(22)19(25-10-24-18)27-15-5-1-3-11-4-2-6-23-17(11)15/h1-10H,22H2,(H2,24,25,26,27). The summed E-state index contributed by atoms with van der Waals surface area (Å²) < 4.78 is 0. The predicted molar refractivity (Wildman–Crippen MR) is 111 cm³/mol. The summed E-state index contributed by atoms with van der Waals surface area (Å²) in [5.41, 5.74) is 8.93. The number of nitrogens with zero attached hydrogens (tertiary/aromatic N) is 3. The Labute approximate surface area is 165 Å². The lowest BCUT2D eigenvalue weighted by atomic mass is 10.2. The first-order valence-electron chi connectivity index (χ1n) is 8.04. The van der Waals surface area contributed by atoms with E-state index in [1.807, 2.05) is 30.3 Å². The number of pyridine rings is 1. The van der Waals surface area contributed by atoms with E-state index in [2.05, 4.69) is 25.6 Å². The molecule has 0 amide bonds. The molecule has 0 fully saturated rings. The number of hydrogen-bond donors (Lipinski definition) is 3. The smallest absolute Gasteiger partial charge is 0.159 e. The molecule has 134 valence electrons. The highest BCUT2D eigenvalue weighted by Gasteiger charge is 2.11. The van der Waals surface area contributed by atoms with E-state index in [0.717, 1.165) is 16.6 Å². The Bertz CT molecular complexity index is 1110. The van der Waals surface area contributed by atoms with Crippen molar-refractivity contribution >= 4 is 62.8 Å². The molecular formula is C19H14Cl2N6. The number of hydrogen-bond acceptors (Lipinski definition) is 6. The molecule has 0 atom stereocenters. The zero-order valence-corrected chi connectivity index (χ0v) is 15.5. The third-order valence-corrected chi connectivity index (χ3v) is 4.33. The minimum Gasteiger partial charge on any atom is -0.393 e. The van der Waals surface area contributed by atoms with Crippen LogP contribution in [0, 0.1) is 0 Å². The topological polar surface area (TPSA) is 88.8 Å². The van der Waals surface area contributed by atoms with Crippen molar-refractivity contribution in [3.05, 3.63) is 71.1 Å². The molecule has 2 aromatic carbocycles. The number of halogens is 2. The lowest BCUT2D eigenvalue weighted by Crippen LogP contribution is -2.05. The van der Waals surface area contributed by atoms with Gasteiger partial charge in [-0.15, -0.1) is 0 Å². The van der Waals surface area contributed by atoms with Crippen LogP contribution in [-0.2, 0) is 0 Å². The van der Waals surface area contributed by atoms with E-state index in [0.29, 0.717) is 33.1 Å². The van der Waals surface area contributed by atoms with E-state index in [1.54, 1.807) is 24.4 Å². The van der Waals surface area contributed by atoms with Gasteiger partial charge in [0.05, 0.1) is 11.2 Å². The number of benzene rings is 2. The van der Waals surface area contributed by atoms with Crippen molar-refractivity contribution < 1.29 is 0 Å². The maximum absolute atomic E-state index is 6.26. The largest absolute Gasteiger partial charge is 0.393 e. The van der Waals surface area contributed by atoms with Gasteiger partial charge in [-0.05, 0) is 30.3 Å². The van der Waals surface area contributed by atoms with Crippen LogP contribution in [0.4, 0.5) is 28.7 Å². The number of nitrogens with one attached hydrogen (secondary N) is 2. The highest BCUT2D eigenvalue weighted by atomic mass is 35.5. The summed E-state index contributed by atoms with van der Waals surface area (Å²) in [6, 6.07) is 14.9. The predicted octanol–water partition coefficient (Wildman–Crippen LogP) is 5.40. The van der Waals surface area contributed by atoms with Crippen molar-refractivity contribution in [1.82, 2.24) is 15.0 Å². The van der Waals surface area contributed by atoms with Gasteiger partial charge in [-0.1, -0.05) is 41.4 Å². The Kier molecular flexibility index (Phi) is 4.66. The van der Waals surface area contributed by atoms with Gasteiger partial charge >= 0.3 is 0 Å². The average Bonchev–Trinajstić information content (AvgIpc) is 2.64. The Morgan fingerprint density at radius 3 is 2.30 bits per heavy atom. The van der Waals surface area contributed by atoms with Crippen molar-refractivity contribution in [3.63, 3.8) is 0 Å². The van der Waals surface area contributed by atoms with Crippen LogP contribution in [0.15, 0.2) is 61.1 Å². The maximum Gasteiger partial charge on any atom is 0.159 e. The van der Waals surface area contributed by atoms with Crippen LogP contribution in [-0.4, -0.2) is 15.0 Å². The number of nitrogens with two attached hydrogens (primary N) is 1. The average molecular weight is 397 g/mol. The molecule has 0 bridgehead atoms. The van der Waals surface area contributed by atoms with Crippen molar-refractivity contribution in [2.24, 2.45) is 0 Å². The molecule has 0 saturated heterocycles. The van der Waals surface area contributed by atoms with Crippen LogP contribution < -0.4 is 16.4 Å². The summed E-state index contributed by atoms with van der Waals surface area (Å²) in [4.78, 5) is 12.9. The first-order valence-corrected chi connectivity index (χ1v) is 8.80. The Morgan fingerprint density at radius 1 is 0.815 bits per heavy atom. The molecule has 4 rings (SSSR count). The number of fused-ring (bicyclic) bond motifs is 1. The molecule has 0 aliphatic carbocycles. The number of para-hydroxylation sites is 1. The van der Waals surface area contributed by atoms with Crippen LogP contribution in [0.2, 0.25) is 10.0 Å². The van der Waals surface area contributed by atoms with Crippen molar-refractivity contribution in [2.45, 2.75) is 0 Å². The normalized spacial score (nSPS) is 10.7. The molecule has 2 heterocycles. The summed E-state index contributed by atoms with van der Waals surface area (Å²) >= 11 is 12.1. The van der Waals surface area contributed by atoms with Gasteiger partial charge in [0.2, 0.25) is 0 Å². The number of aromatic nitrogens is 3. The van der Waals surface area contributed by atoms with Crippen LogP contribution in [0.25, 0.3) is 10.9 Å².